The SMILES string of the molecule is Cl.N=C(N)N1CCC(F)(F)CC1C(N)=Nc1cccc(Oc2ccccc2)c1. The molecule has 28 heavy (non-hydrogen) atoms. The van der Waals surface area contributed by atoms with Gasteiger partial charge in [-0.2, -0.15) is 0 Å². The summed E-state index contributed by atoms with van der Waals surface area (Å²) in [5, 5.41) is 7.61. The fraction of sp³-hybridized carbons (Fsp3) is 0.263. The number of benzene rings is 2. The molecule has 1 saturated heterocycles. The fourth-order valence-electron chi connectivity index (χ4n) is 2.95. The first-order chi connectivity index (χ1) is 12.8. The van der Waals surface area contributed by atoms with Crippen LogP contribution in [0.1, 0.15) is 12.8 Å². The summed E-state index contributed by atoms with van der Waals surface area (Å²) in [4.78, 5) is 5.62. The predicted octanol–water partition coefficient (Wildman–Crippen LogP) is 3.88. The minimum atomic E-state index is -2.87. The van der Waals surface area contributed by atoms with Crippen molar-refractivity contribution in [3.05, 3.63) is 54.6 Å². The number of hydrogen-bond acceptors (Lipinski definition) is 3. The Hall–Kier alpha value is -2.87. The van der Waals surface area contributed by atoms with Gasteiger partial charge in [0.2, 0.25) is 0 Å². The van der Waals surface area contributed by atoms with Crippen molar-refractivity contribution in [2.75, 3.05) is 6.54 Å². The molecule has 150 valence electrons. The maximum atomic E-state index is 13.8. The van der Waals surface area contributed by atoms with Crippen LogP contribution in [-0.4, -0.2) is 35.2 Å². The number of alkyl halides is 2. The molecule has 2 aromatic carbocycles. The first-order valence-corrected chi connectivity index (χ1v) is 8.49. The Morgan fingerprint density at radius 3 is 2.46 bits per heavy atom. The summed E-state index contributed by atoms with van der Waals surface area (Å²) in [5.74, 6) is -1.96. The Morgan fingerprint density at radius 1 is 1.11 bits per heavy atom. The molecule has 1 aliphatic heterocycles. The molecule has 0 spiro atoms. The van der Waals surface area contributed by atoms with E-state index >= 15 is 0 Å². The molecular weight excluding hydrogens is 388 g/mol. The third kappa shape index (κ3) is 5.32. The number of guanidine groups is 1. The second-order valence-electron chi connectivity index (χ2n) is 6.35. The van der Waals surface area contributed by atoms with Crippen LogP contribution in [0.4, 0.5) is 14.5 Å². The summed E-state index contributed by atoms with van der Waals surface area (Å²) in [6.07, 6.45) is -0.890. The molecule has 1 atom stereocenters. The van der Waals surface area contributed by atoms with Crippen LogP contribution >= 0.6 is 12.4 Å². The summed E-state index contributed by atoms with van der Waals surface area (Å²) in [6.45, 7) is -0.0413. The third-order valence-corrected chi connectivity index (χ3v) is 4.29. The minimum absolute atomic E-state index is 0. The zero-order valence-electron chi connectivity index (χ0n) is 15.0. The number of amidine groups is 1. The summed E-state index contributed by atoms with van der Waals surface area (Å²) in [6, 6.07) is 15.2. The Balaban J connectivity index is 0.00000280. The van der Waals surface area contributed by atoms with E-state index in [9.17, 15) is 8.78 Å². The van der Waals surface area contributed by atoms with Crippen LogP contribution in [0.25, 0.3) is 0 Å². The molecular formula is C19H22ClF2N5O. The van der Waals surface area contributed by atoms with E-state index in [0.717, 1.165) is 0 Å². The van der Waals surface area contributed by atoms with Crippen LogP contribution in [0.3, 0.4) is 0 Å². The van der Waals surface area contributed by atoms with Crippen LogP contribution in [0, 0.1) is 5.41 Å². The lowest BCUT2D eigenvalue weighted by molar-refractivity contribution is -0.0526. The first-order valence-electron chi connectivity index (χ1n) is 8.49. The summed E-state index contributed by atoms with van der Waals surface area (Å²) in [5.41, 5.74) is 12.0. The number of rotatable bonds is 4. The third-order valence-electron chi connectivity index (χ3n) is 4.29. The van der Waals surface area contributed by atoms with Gasteiger partial charge in [0.05, 0.1) is 11.7 Å². The van der Waals surface area contributed by atoms with Crippen LogP contribution in [-0.2, 0) is 0 Å². The first kappa shape index (κ1) is 21.4. The highest BCUT2D eigenvalue weighted by Gasteiger charge is 2.42. The van der Waals surface area contributed by atoms with Crippen molar-refractivity contribution in [1.29, 1.82) is 5.41 Å². The van der Waals surface area contributed by atoms with Crippen molar-refractivity contribution in [2.45, 2.75) is 24.8 Å². The zero-order chi connectivity index (χ0) is 19.4. The normalized spacial score (nSPS) is 18.9. The van der Waals surface area contributed by atoms with E-state index < -0.39 is 18.4 Å². The highest BCUT2D eigenvalue weighted by atomic mass is 35.5. The molecule has 0 amide bonds. The Morgan fingerprint density at radius 2 is 1.79 bits per heavy atom. The Labute approximate surface area is 168 Å². The number of aliphatic imine (C=N–C) groups is 1. The van der Waals surface area contributed by atoms with E-state index in [1.54, 1.807) is 24.3 Å². The Kier molecular flexibility index (Phi) is 6.80. The van der Waals surface area contributed by atoms with E-state index in [1.165, 1.54) is 4.90 Å². The van der Waals surface area contributed by atoms with Crippen molar-refractivity contribution in [3.63, 3.8) is 0 Å². The number of hydrogen-bond donors (Lipinski definition) is 3. The number of nitrogens with two attached hydrogens (primary N) is 2. The molecule has 3 rings (SSSR count). The van der Waals surface area contributed by atoms with E-state index in [2.05, 4.69) is 4.99 Å². The average Bonchev–Trinajstić information content (AvgIpc) is 2.62. The quantitative estimate of drug-likeness (QED) is 0.526. The zero-order valence-corrected chi connectivity index (χ0v) is 15.8. The van der Waals surface area contributed by atoms with Gasteiger partial charge in [0, 0.05) is 25.5 Å². The fourth-order valence-corrected chi connectivity index (χ4v) is 2.95. The number of halogens is 3. The van der Waals surface area contributed by atoms with E-state index in [1.807, 2.05) is 30.3 Å². The maximum Gasteiger partial charge on any atom is 0.252 e. The topological polar surface area (TPSA) is 101 Å². The molecule has 1 aliphatic rings. The number of nitrogens with zero attached hydrogens (tertiary/aromatic N) is 2. The lowest BCUT2D eigenvalue weighted by atomic mass is 9.98. The van der Waals surface area contributed by atoms with Crippen LogP contribution in [0.2, 0.25) is 0 Å². The molecule has 5 N–H and O–H groups in total. The van der Waals surface area contributed by atoms with Gasteiger partial charge in [-0.05, 0) is 24.3 Å². The minimum Gasteiger partial charge on any atom is -0.457 e. The number of nitrogens with one attached hydrogen (secondary N) is 1. The molecule has 1 fully saturated rings. The highest BCUT2D eigenvalue weighted by Crippen LogP contribution is 2.32. The lowest BCUT2D eigenvalue weighted by Gasteiger charge is -2.39. The molecule has 9 heteroatoms. The van der Waals surface area contributed by atoms with Gasteiger partial charge in [-0.1, -0.05) is 24.3 Å². The summed E-state index contributed by atoms with van der Waals surface area (Å²) >= 11 is 0. The van der Waals surface area contributed by atoms with Crippen molar-refractivity contribution in [2.24, 2.45) is 16.5 Å². The van der Waals surface area contributed by atoms with E-state index in [-0.39, 0.29) is 37.2 Å². The van der Waals surface area contributed by atoms with Gasteiger partial charge in [-0.15, -0.1) is 12.4 Å². The van der Waals surface area contributed by atoms with Gasteiger partial charge < -0.3 is 21.1 Å². The van der Waals surface area contributed by atoms with Gasteiger partial charge in [0.1, 0.15) is 17.3 Å². The van der Waals surface area contributed by atoms with Gasteiger partial charge >= 0.3 is 0 Å². The van der Waals surface area contributed by atoms with Gasteiger partial charge in [-0.3, -0.25) is 5.41 Å². The molecule has 2 aromatic rings. The molecule has 0 aromatic heterocycles. The lowest BCUT2D eigenvalue weighted by Crippen LogP contribution is -2.56. The smallest absolute Gasteiger partial charge is 0.252 e. The molecule has 1 heterocycles. The Bertz CT molecular complexity index is 847. The van der Waals surface area contributed by atoms with Crippen molar-refractivity contribution in [3.8, 4) is 11.5 Å². The van der Waals surface area contributed by atoms with Crippen molar-refractivity contribution < 1.29 is 13.5 Å². The van der Waals surface area contributed by atoms with Crippen molar-refractivity contribution >= 4 is 29.9 Å². The van der Waals surface area contributed by atoms with Gasteiger partial charge in [0.15, 0.2) is 5.96 Å². The maximum absolute atomic E-state index is 13.8. The molecule has 1 unspecified atom stereocenters. The standard InChI is InChI=1S/C19H21F2N5O.ClH/c20-19(21)9-10-26(18(23)24)16(12-19)17(22)25-13-5-4-8-15(11-13)27-14-6-2-1-3-7-14;/h1-8,11,16H,9-10,12H2,(H2,22,25)(H3,23,24);1H. The number of likely N-dealkylation sites (tertiary alicyclic amines) is 1. The van der Waals surface area contributed by atoms with Gasteiger partial charge in [-0.25, -0.2) is 13.8 Å². The predicted molar refractivity (Wildman–Crippen MR) is 108 cm³/mol. The number of para-hydroxylation sites is 1. The second-order valence-corrected chi connectivity index (χ2v) is 6.35. The van der Waals surface area contributed by atoms with Gasteiger partial charge in [0.25, 0.3) is 5.92 Å². The number of ether oxygens (including phenoxy) is 1. The largest absolute Gasteiger partial charge is 0.457 e. The second kappa shape index (κ2) is 8.88. The molecule has 0 bridgehead atoms. The molecule has 0 aliphatic carbocycles. The highest BCUT2D eigenvalue weighted by molar-refractivity contribution is 5.92. The average molecular weight is 410 g/mol. The van der Waals surface area contributed by atoms with Crippen LogP contribution in [0.5, 0.6) is 11.5 Å². The van der Waals surface area contributed by atoms with Crippen molar-refractivity contribution in [1.82, 2.24) is 4.90 Å². The van der Waals surface area contributed by atoms with Crippen LogP contribution < -0.4 is 16.2 Å². The monoisotopic (exact) mass is 409 g/mol. The summed E-state index contributed by atoms with van der Waals surface area (Å²) < 4.78 is 33.4. The number of piperidine rings is 1. The molecule has 6 nitrogen and oxygen atoms in total. The van der Waals surface area contributed by atoms with Crippen LogP contribution in [0.15, 0.2) is 59.6 Å². The van der Waals surface area contributed by atoms with E-state index in [0.29, 0.717) is 17.2 Å². The molecule has 0 saturated carbocycles. The van der Waals surface area contributed by atoms with E-state index in [4.69, 9.17) is 21.6 Å². The molecule has 0 radical (unpaired) electrons. The summed E-state index contributed by atoms with van der Waals surface area (Å²) in [7, 11) is 0.